The zero-order valence-corrected chi connectivity index (χ0v) is 12.4. The molecule has 0 unspecified atom stereocenters. The van der Waals surface area contributed by atoms with Crippen molar-refractivity contribution in [1.82, 2.24) is 0 Å². The van der Waals surface area contributed by atoms with Crippen LogP contribution in [0.4, 0.5) is 10.5 Å². The number of carbonyl (C=O) groups is 1. The molecule has 0 spiro atoms. The average molecular weight is 279 g/mol. The van der Waals surface area contributed by atoms with Crippen molar-refractivity contribution < 1.29 is 19.0 Å². The molecule has 0 bridgehead atoms. The number of amides is 1. The number of fused-ring (bicyclic) bond motifs is 1. The number of nitrogens with zero attached hydrogens (tertiary/aromatic N) is 1. The smallest absolute Gasteiger partial charge is 0.414 e. The first-order valence-electron chi connectivity index (χ1n) is 6.81. The van der Waals surface area contributed by atoms with Gasteiger partial charge in [-0.25, -0.2) is 4.79 Å². The number of rotatable bonds is 3. The molecule has 0 aromatic heterocycles. The molecule has 1 aliphatic heterocycles. The van der Waals surface area contributed by atoms with Gasteiger partial charge in [-0.3, -0.25) is 4.90 Å². The third kappa shape index (κ3) is 3.35. The molecule has 0 aliphatic carbocycles. The van der Waals surface area contributed by atoms with Crippen molar-refractivity contribution in [2.75, 3.05) is 18.2 Å². The predicted molar refractivity (Wildman–Crippen MR) is 76.4 cm³/mol. The Morgan fingerprint density at radius 3 is 2.65 bits per heavy atom. The Hall–Kier alpha value is -1.91. The summed E-state index contributed by atoms with van der Waals surface area (Å²) in [4.78, 5) is 13.9. The van der Waals surface area contributed by atoms with E-state index in [9.17, 15) is 4.79 Å². The quantitative estimate of drug-likeness (QED) is 0.848. The Morgan fingerprint density at radius 2 is 2.00 bits per heavy atom. The fraction of sp³-hybridized carbons (Fsp3) is 0.533. The summed E-state index contributed by atoms with van der Waals surface area (Å²) in [5, 5.41) is 0. The van der Waals surface area contributed by atoms with Gasteiger partial charge in [-0.05, 0) is 39.3 Å². The fourth-order valence-corrected chi connectivity index (χ4v) is 1.92. The minimum absolute atomic E-state index is 0.221. The maximum absolute atomic E-state index is 12.3. The average Bonchev–Trinajstić information content (AvgIpc) is 2.80. The van der Waals surface area contributed by atoms with Crippen LogP contribution in [0, 0.1) is 0 Å². The molecule has 0 fully saturated rings. The summed E-state index contributed by atoms with van der Waals surface area (Å²) < 4.78 is 16.1. The number of hydrogen-bond donors (Lipinski definition) is 0. The van der Waals surface area contributed by atoms with Crippen molar-refractivity contribution >= 4 is 11.8 Å². The van der Waals surface area contributed by atoms with Crippen molar-refractivity contribution in [3.8, 4) is 11.5 Å². The van der Waals surface area contributed by atoms with Gasteiger partial charge in [0, 0.05) is 12.6 Å². The number of ether oxygens (including phenoxy) is 3. The molecule has 0 N–H and O–H groups in total. The van der Waals surface area contributed by atoms with E-state index < -0.39 is 5.60 Å². The molecule has 5 nitrogen and oxygen atoms in total. The second-order valence-corrected chi connectivity index (χ2v) is 5.67. The van der Waals surface area contributed by atoms with Gasteiger partial charge in [-0.1, -0.05) is 6.92 Å². The van der Waals surface area contributed by atoms with E-state index in [0.717, 1.165) is 12.1 Å². The second kappa shape index (κ2) is 5.61. The minimum Gasteiger partial charge on any atom is -0.454 e. The van der Waals surface area contributed by atoms with Gasteiger partial charge in [-0.2, -0.15) is 0 Å². The third-order valence-corrected chi connectivity index (χ3v) is 2.73. The molecule has 0 atom stereocenters. The van der Waals surface area contributed by atoms with Crippen LogP contribution < -0.4 is 14.4 Å². The van der Waals surface area contributed by atoms with E-state index in [1.165, 1.54) is 0 Å². The van der Waals surface area contributed by atoms with E-state index in [-0.39, 0.29) is 12.9 Å². The Bertz CT molecular complexity index is 493. The van der Waals surface area contributed by atoms with Crippen LogP contribution in [0.25, 0.3) is 0 Å². The Balaban J connectivity index is 2.22. The summed E-state index contributed by atoms with van der Waals surface area (Å²) in [6.07, 6.45) is 0.492. The van der Waals surface area contributed by atoms with Gasteiger partial charge in [0.1, 0.15) is 5.60 Å². The molecule has 2 rings (SSSR count). The van der Waals surface area contributed by atoms with Crippen LogP contribution in [0.5, 0.6) is 11.5 Å². The predicted octanol–water partition coefficient (Wildman–Crippen LogP) is 3.57. The van der Waals surface area contributed by atoms with E-state index >= 15 is 0 Å². The van der Waals surface area contributed by atoms with Crippen LogP contribution in [-0.2, 0) is 4.74 Å². The Labute approximate surface area is 119 Å². The first-order valence-corrected chi connectivity index (χ1v) is 6.81. The first kappa shape index (κ1) is 14.5. The molecule has 5 heteroatoms. The summed E-state index contributed by atoms with van der Waals surface area (Å²) in [5.74, 6) is 1.36. The van der Waals surface area contributed by atoms with Crippen molar-refractivity contribution in [3.05, 3.63) is 18.2 Å². The van der Waals surface area contributed by atoms with Gasteiger partial charge in [0.15, 0.2) is 11.5 Å². The highest BCUT2D eigenvalue weighted by molar-refractivity contribution is 5.88. The standard InChI is InChI=1S/C15H21NO4/c1-5-8-16(14(17)20-15(2,3)4)11-6-7-12-13(9-11)19-10-18-12/h6-7,9H,5,8,10H2,1-4H3. The molecule has 1 heterocycles. The lowest BCUT2D eigenvalue weighted by atomic mass is 10.2. The summed E-state index contributed by atoms with van der Waals surface area (Å²) in [6.45, 7) is 8.40. The highest BCUT2D eigenvalue weighted by Gasteiger charge is 2.24. The molecule has 110 valence electrons. The van der Waals surface area contributed by atoms with Crippen LogP contribution in [-0.4, -0.2) is 25.0 Å². The van der Waals surface area contributed by atoms with E-state index in [0.29, 0.717) is 18.0 Å². The van der Waals surface area contributed by atoms with E-state index in [1.807, 2.05) is 45.9 Å². The van der Waals surface area contributed by atoms with E-state index in [1.54, 1.807) is 4.90 Å². The zero-order chi connectivity index (χ0) is 14.8. The van der Waals surface area contributed by atoms with Gasteiger partial charge >= 0.3 is 6.09 Å². The van der Waals surface area contributed by atoms with Crippen molar-refractivity contribution in [2.24, 2.45) is 0 Å². The summed E-state index contributed by atoms with van der Waals surface area (Å²) in [7, 11) is 0. The van der Waals surface area contributed by atoms with Crippen LogP contribution >= 0.6 is 0 Å². The van der Waals surface area contributed by atoms with Crippen molar-refractivity contribution in [2.45, 2.75) is 39.7 Å². The molecule has 0 saturated heterocycles. The van der Waals surface area contributed by atoms with E-state index in [4.69, 9.17) is 14.2 Å². The van der Waals surface area contributed by atoms with Crippen LogP contribution in [0.2, 0.25) is 0 Å². The molecule has 1 aromatic rings. The molecular formula is C15H21NO4. The summed E-state index contributed by atoms with van der Waals surface area (Å²) >= 11 is 0. The molecule has 1 aromatic carbocycles. The Kier molecular flexibility index (Phi) is 4.06. The molecule has 1 amide bonds. The third-order valence-electron chi connectivity index (χ3n) is 2.73. The largest absolute Gasteiger partial charge is 0.454 e. The number of benzene rings is 1. The molecule has 0 saturated carbocycles. The van der Waals surface area contributed by atoms with Gasteiger partial charge < -0.3 is 14.2 Å². The zero-order valence-electron chi connectivity index (χ0n) is 12.4. The molecule has 20 heavy (non-hydrogen) atoms. The van der Waals surface area contributed by atoms with E-state index in [2.05, 4.69) is 0 Å². The lowest BCUT2D eigenvalue weighted by molar-refractivity contribution is 0.0580. The van der Waals surface area contributed by atoms with Gasteiger partial charge in [0.2, 0.25) is 6.79 Å². The van der Waals surface area contributed by atoms with Gasteiger partial charge in [-0.15, -0.1) is 0 Å². The number of hydrogen-bond acceptors (Lipinski definition) is 4. The Morgan fingerprint density at radius 1 is 1.30 bits per heavy atom. The first-order chi connectivity index (χ1) is 9.40. The SMILES string of the molecule is CCCN(C(=O)OC(C)(C)C)c1ccc2c(c1)OCO2. The number of anilines is 1. The topological polar surface area (TPSA) is 48.0 Å². The van der Waals surface area contributed by atoms with Crippen LogP contribution in [0.15, 0.2) is 18.2 Å². The summed E-state index contributed by atoms with van der Waals surface area (Å²) in [5.41, 5.74) is 0.240. The maximum atomic E-state index is 12.3. The fourth-order valence-electron chi connectivity index (χ4n) is 1.92. The minimum atomic E-state index is -0.514. The second-order valence-electron chi connectivity index (χ2n) is 5.67. The lowest BCUT2D eigenvalue weighted by Crippen LogP contribution is -2.37. The van der Waals surface area contributed by atoms with Crippen molar-refractivity contribution in [1.29, 1.82) is 0 Å². The molecular weight excluding hydrogens is 258 g/mol. The molecule has 0 radical (unpaired) electrons. The van der Waals surface area contributed by atoms with Crippen LogP contribution in [0.1, 0.15) is 34.1 Å². The van der Waals surface area contributed by atoms with Crippen molar-refractivity contribution in [3.63, 3.8) is 0 Å². The van der Waals surface area contributed by atoms with Gasteiger partial charge in [0.05, 0.1) is 5.69 Å². The highest BCUT2D eigenvalue weighted by atomic mass is 16.7. The maximum Gasteiger partial charge on any atom is 0.414 e. The van der Waals surface area contributed by atoms with Crippen LogP contribution in [0.3, 0.4) is 0 Å². The normalized spacial score (nSPS) is 13.2. The lowest BCUT2D eigenvalue weighted by Gasteiger charge is -2.27. The summed E-state index contributed by atoms with van der Waals surface area (Å²) in [6, 6.07) is 5.46. The molecule has 1 aliphatic rings. The highest BCUT2D eigenvalue weighted by Crippen LogP contribution is 2.35. The monoisotopic (exact) mass is 279 g/mol. The number of carbonyl (C=O) groups excluding carboxylic acids is 1. The van der Waals surface area contributed by atoms with Gasteiger partial charge in [0.25, 0.3) is 0 Å².